The zero-order valence-electron chi connectivity index (χ0n) is 11.3. The number of aromatic amines is 1. The van der Waals surface area contributed by atoms with Crippen LogP contribution in [0.2, 0.25) is 0 Å². The van der Waals surface area contributed by atoms with Crippen LogP contribution in [0.4, 0.5) is 0 Å². The Kier molecular flexibility index (Phi) is 3.94. The minimum Gasteiger partial charge on any atom is -0.468 e. The fourth-order valence-corrected chi connectivity index (χ4v) is 2.01. The third-order valence-corrected chi connectivity index (χ3v) is 3.03. The third kappa shape index (κ3) is 2.65. The monoisotopic (exact) mass is 259 g/mol. The topological polar surface area (TPSA) is 67.9 Å². The van der Waals surface area contributed by atoms with Crippen LogP contribution in [0.3, 0.4) is 0 Å². The Balaban J connectivity index is 2.38. The van der Waals surface area contributed by atoms with E-state index in [1.165, 1.54) is 7.11 Å². The van der Waals surface area contributed by atoms with Crippen molar-refractivity contribution < 1.29 is 9.53 Å². The van der Waals surface area contributed by atoms with Gasteiger partial charge in [0, 0.05) is 11.9 Å². The highest BCUT2D eigenvalue weighted by molar-refractivity contribution is 5.77. The molecule has 19 heavy (non-hydrogen) atoms. The summed E-state index contributed by atoms with van der Waals surface area (Å²) in [5.41, 5.74) is 2.47. The number of carbonyl (C=O) groups is 1. The highest BCUT2D eigenvalue weighted by Gasteiger charge is 2.24. The highest BCUT2D eigenvalue weighted by atomic mass is 16.5. The molecule has 0 aliphatic heterocycles. The lowest BCUT2D eigenvalue weighted by atomic mass is 10.1. The van der Waals surface area contributed by atoms with E-state index in [0.717, 1.165) is 17.1 Å². The first-order valence-corrected chi connectivity index (χ1v) is 6.23. The molecule has 2 heterocycles. The zero-order chi connectivity index (χ0) is 13.8. The maximum Gasteiger partial charge on any atom is 0.316 e. The summed E-state index contributed by atoms with van der Waals surface area (Å²) in [5, 5.41) is 0. The summed E-state index contributed by atoms with van der Waals surface area (Å²) in [6, 6.07) is 5.66. The smallest absolute Gasteiger partial charge is 0.316 e. The molecule has 0 spiro atoms. The van der Waals surface area contributed by atoms with Gasteiger partial charge in [0.15, 0.2) is 0 Å². The van der Waals surface area contributed by atoms with Gasteiger partial charge < -0.3 is 9.72 Å². The van der Waals surface area contributed by atoms with E-state index in [1.807, 2.05) is 32.0 Å². The van der Waals surface area contributed by atoms with Gasteiger partial charge in [-0.15, -0.1) is 0 Å². The molecule has 0 fully saturated rings. The summed E-state index contributed by atoms with van der Waals surface area (Å²) in [6.45, 7) is 3.85. The number of pyridine rings is 1. The second kappa shape index (κ2) is 5.65. The van der Waals surface area contributed by atoms with Crippen LogP contribution < -0.4 is 0 Å². The molecule has 0 aliphatic carbocycles. The van der Waals surface area contributed by atoms with Crippen LogP contribution in [-0.2, 0) is 9.53 Å². The van der Waals surface area contributed by atoms with E-state index in [-0.39, 0.29) is 11.9 Å². The Labute approximate surface area is 112 Å². The van der Waals surface area contributed by atoms with Crippen LogP contribution in [0.15, 0.2) is 24.4 Å². The molecule has 5 nitrogen and oxygen atoms in total. The summed E-state index contributed by atoms with van der Waals surface area (Å²) in [7, 11) is 1.39. The molecular formula is C14H17N3O2. The highest BCUT2D eigenvalue weighted by Crippen LogP contribution is 2.24. The lowest BCUT2D eigenvalue weighted by Gasteiger charge is -2.08. The molecule has 2 aromatic rings. The number of ether oxygens (including phenoxy) is 1. The first-order valence-electron chi connectivity index (χ1n) is 6.23. The second-order valence-corrected chi connectivity index (χ2v) is 4.29. The van der Waals surface area contributed by atoms with Gasteiger partial charge in [-0.1, -0.05) is 13.0 Å². The molecule has 1 unspecified atom stereocenters. The van der Waals surface area contributed by atoms with Crippen molar-refractivity contribution in [1.82, 2.24) is 15.0 Å². The predicted octanol–water partition coefficient (Wildman–Crippen LogP) is 2.45. The molecule has 0 saturated heterocycles. The van der Waals surface area contributed by atoms with Crippen molar-refractivity contribution >= 4 is 5.97 Å². The number of rotatable bonds is 4. The van der Waals surface area contributed by atoms with Gasteiger partial charge in [0.05, 0.1) is 12.8 Å². The first-order chi connectivity index (χ1) is 9.17. The Morgan fingerprint density at radius 3 is 2.84 bits per heavy atom. The molecule has 100 valence electrons. The number of hydrogen-bond acceptors (Lipinski definition) is 4. The van der Waals surface area contributed by atoms with Gasteiger partial charge in [-0.3, -0.25) is 9.78 Å². The minimum absolute atomic E-state index is 0.274. The summed E-state index contributed by atoms with van der Waals surface area (Å²) < 4.78 is 4.80. The van der Waals surface area contributed by atoms with E-state index in [9.17, 15) is 4.79 Å². The summed E-state index contributed by atoms with van der Waals surface area (Å²) in [4.78, 5) is 23.6. The molecule has 2 rings (SSSR count). The summed E-state index contributed by atoms with van der Waals surface area (Å²) in [6.07, 6.45) is 2.36. The zero-order valence-corrected chi connectivity index (χ0v) is 11.3. The van der Waals surface area contributed by atoms with E-state index < -0.39 is 0 Å². The quantitative estimate of drug-likeness (QED) is 0.856. The van der Waals surface area contributed by atoms with Crippen LogP contribution >= 0.6 is 0 Å². The van der Waals surface area contributed by atoms with Crippen LogP contribution in [-0.4, -0.2) is 28.0 Å². The Bertz CT molecular complexity index is 563. The largest absolute Gasteiger partial charge is 0.468 e. The molecule has 0 bridgehead atoms. The molecule has 0 saturated carbocycles. The molecule has 1 N–H and O–H groups in total. The molecule has 0 aromatic carbocycles. The van der Waals surface area contributed by atoms with E-state index in [0.29, 0.717) is 12.2 Å². The standard InChI is InChI=1S/C14H17N3O2/c1-4-10(14(18)19-3)13-16-9(2)12(17-13)11-7-5-6-8-15-11/h5-8,10H,4H2,1-3H3,(H,16,17). The Morgan fingerprint density at radius 1 is 1.47 bits per heavy atom. The van der Waals surface area contributed by atoms with E-state index in [1.54, 1.807) is 6.20 Å². The van der Waals surface area contributed by atoms with E-state index >= 15 is 0 Å². The van der Waals surface area contributed by atoms with Gasteiger partial charge in [0.25, 0.3) is 0 Å². The molecule has 0 aliphatic rings. The molecule has 0 amide bonds. The normalized spacial score (nSPS) is 12.2. The number of hydrogen-bond donors (Lipinski definition) is 1. The van der Waals surface area contributed by atoms with Gasteiger partial charge >= 0.3 is 5.97 Å². The molecule has 1 atom stereocenters. The first kappa shape index (κ1) is 13.3. The van der Waals surface area contributed by atoms with Crippen molar-refractivity contribution in [2.24, 2.45) is 0 Å². The Hall–Kier alpha value is -2.17. The number of imidazole rings is 1. The number of aryl methyl sites for hydroxylation is 1. The van der Waals surface area contributed by atoms with Crippen molar-refractivity contribution in [3.05, 3.63) is 35.9 Å². The van der Waals surface area contributed by atoms with Crippen molar-refractivity contribution in [2.75, 3.05) is 7.11 Å². The van der Waals surface area contributed by atoms with Crippen molar-refractivity contribution in [3.63, 3.8) is 0 Å². The average molecular weight is 259 g/mol. The fourth-order valence-electron chi connectivity index (χ4n) is 2.01. The molecule has 0 radical (unpaired) electrons. The van der Waals surface area contributed by atoms with E-state index in [2.05, 4.69) is 15.0 Å². The number of aromatic nitrogens is 3. The lowest BCUT2D eigenvalue weighted by Crippen LogP contribution is -2.14. The second-order valence-electron chi connectivity index (χ2n) is 4.29. The molecule has 5 heteroatoms. The number of methoxy groups -OCH3 is 1. The number of carbonyl (C=O) groups excluding carboxylic acids is 1. The Morgan fingerprint density at radius 2 is 2.26 bits per heavy atom. The minimum atomic E-state index is -0.360. The average Bonchev–Trinajstić information content (AvgIpc) is 2.82. The van der Waals surface area contributed by atoms with Gasteiger partial charge in [0.1, 0.15) is 17.4 Å². The van der Waals surface area contributed by atoms with Gasteiger partial charge in [0.2, 0.25) is 0 Å². The molecular weight excluding hydrogens is 242 g/mol. The number of nitrogens with zero attached hydrogens (tertiary/aromatic N) is 2. The van der Waals surface area contributed by atoms with Crippen LogP contribution in [0.25, 0.3) is 11.4 Å². The predicted molar refractivity (Wildman–Crippen MR) is 71.6 cm³/mol. The maximum atomic E-state index is 11.7. The SMILES string of the molecule is CCC(C(=O)OC)c1nc(-c2ccccn2)c(C)[nH]1. The number of H-pyrrole nitrogens is 1. The fraction of sp³-hybridized carbons (Fsp3) is 0.357. The van der Waals surface area contributed by atoms with Gasteiger partial charge in [-0.2, -0.15) is 0 Å². The van der Waals surface area contributed by atoms with Gasteiger partial charge in [-0.25, -0.2) is 4.98 Å². The van der Waals surface area contributed by atoms with Crippen LogP contribution in [0.1, 0.15) is 30.8 Å². The summed E-state index contributed by atoms with van der Waals surface area (Å²) >= 11 is 0. The van der Waals surface area contributed by atoms with Crippen molar-refractivity contribution in [1.29, 1.82) is 0 Å². The maximum absolute atomic E-state index is 11.7. The van der Waals surface area contributed by atoms with Crippen LogP contribution in [0.5, 0.6) is 0 Å². The third-order valence-electron chi connectivity index (χ3n) is 3.03. The lowest BCUT2D eigenvalue weighted by molar-refractivity contribution is -0.142. The van der Waals surface area contributed by atoms with Crippen molar-refractivity contribution in [2.45, 2.75) is 26.2 Å². The number of nitrogens with one attached hydrogen (secondary N) is 1. The molecule has 2 aromatic heterocycles. The van der Waals surface area contributed by atoms with Gasteiger partial charge in [-0.05, 0) is 25.5 Å². The summed E-state index contributed by atoms with van der Waals surface area (Å²) in [5.74, 6) is -0.00233. The number of esters is 1. The van der Waals surface area contributed by atoms with Crippen LogP contribution in [0, 0.1) is 6.92 Å². The van der Waals surface area contributed by atoms with E-state index in [4.69, 9.17) is 4.74 Å². The van der Waals surface area contributed by atoms with Crippen molar-refractivity contribution in [3.8, 4) is 11.4 Å².